The quantitative estimate of drug-likeness (QED) is 0.133. The van der Waals surface area contributed by atoms with Gasteiger partial charge in [-0.15, -0.1) is 0 Å². The van der Waals surface area contributed by atoms with E-state index in [9.17, 15) is 0 Å². The lowest BCUT2D eigenvalue weighted by molar-refractivity contribution is 1.28. The van der Waals surface area contributed by atoms with E-state index >= 15 is 0 Å². The van der Waals surface area contributed by atoms with Gasteiger partial charge in [-0.1, -0.05) is 237 Å². The molecular formula is C64H45N. The van der Waals surface area contributed by atoms with Crippen LogP contribution in [0, 0.1) is 0 Å². The summed E-state index contributed by atoms with van der Waals surface area (Å²) in [6, 6.07) is 98.8. The molecule has 1 nitrogen and oxygen atoms in total. The molecule has 0 spiro atoms. The zero-order chi connectivity index (χ0) is 43.4. The lowest BCUT2D eigenvalue weighted by atomic mass is 9.84. The maximum Gasteiger partial charge on any atom is 0.0467 e. The lowest BCUT2D eigenvalue weighted by Crippen LogP contribution is -2.10. The Labute approximate surface area is 381 Å². The van der Waals surface area contributed by atoms with Gasteiger partial charge in [0.2, 0.25) is 0 Å². The van der Waals surface area contributed by atoms with Gasteiger partial charge in [-0.3, -0.25) is 0 Å². The Morgan fingerprint density at radius 3 is 1.18 bits per heavy atom. The molecule has 0 aliphatic heterocycles. The summed E-state index contributed by atoms with van der Waals surface area (Å²) in [5.74, 6) is 0. The number of nitrogens with zero attached hydrogens (tertiary/aromatic N) is 1. The van der Waals surface area contributed by atoms with E-state index < -0.39 is 0 Å². The second-order valence-electron chi connectivity index (χ2n) is 16.5. The maximum absolute atomic E-state index is 2.38. The Hall–Kier alpha value is -8.52. The highest BCUT2D eigenvalue weighted by atomic mass is 15.1. The van der Waals surface area contributed by atoms with Crippen molar-refractivity contribution in [2.45, 2.75) is 0 Å². The van der Waals surface area contributed by atoms with E-state index in [4.69, 9.17) is 0 Å². The predicted molar refractivity (Wildman–Crippen MR) is 277 cm³/mol. The van der Waals surface area contributed by atoms with Crippen LogP contribution in [-0.4, -0.2) is 0 Å². The first-order valence-electron chi connectivity index (χ1n) is 22.3. The Kier molecular flexibility index (Phi) is 10.7. The molecule has 0 fully saturated rings. The topological polar surface area (TPSA) is 3.24 Å². The van der Waals surface area contributed by atoms with Crippen molar-refractivity contribution in [3.05, 3.63) is 273 Å². The molecule has 0 heterocycles. The third-order valence-electron chi connectivity index (χ3n) is 12.5. The average Bonchev–Trinajstić information content (AvgIpc) is 3.40. The van der Waals surface area contributed by atoms with Gasteiger partial charge in [-0.05, 0) is 125 Å². The van der Waals surface area contributed by atoms with Crippen LogP contribution in [0.4, 0.5) is 17.1 Å². The molecule has 11 aromatic rings. The Balaban J connectivity index is 1.02. The minimum atomic E-state index is 1.08. The van der Waals surface area contributed by atoms with Crippen LogP contribution in [0.15, 0.2) is 273 Å². The third kappa shape index (κ3) is 7.93. The highest BCUT2D eigenvalue weighted by Gasteiger charge is 2.19. The van der Waals surface area contributed by atoms with Crippen molar-refractivity contribution in [2.75, 3.05) is 4.90 Å². The number of rotatable bonds is 10. The standard InChI is InChI=1S/C64H45N/c1-4-17-46(18-5-1)47-33-35-48(36-34-47)49-37-41-55(42-38-49)65(57-26-14-25-54(45-57)60-30-15-24-51-23-10-11-27-58(51)60)56-43-39-53(40-44-56)62-32-16-31-61(52-21-8-3-9-22-52)64(62)63-29-13-12-28-59(63)50-19-6-2-7-20-50/h1-45H. The number of anilines is 3. The molecule has 65 heavy (non-hydrogen) atoms. The minimum Gasteiger partial charge on any atom is -0.310 e. The SMILES string of the molecule is c1ccc(-c2ccc(-c3ccc(N(c4ccc(-c5cccc(-c6ccccc6)c5-c5ccccc5-c5ccccc5)cc4)c4cccc(-c5cccc6ccccc56)c4)cc3)cc2)cc1. The summed E-state index contributed by atoms with van der Waals surface area (Å²) in [4.78, 5) is 2.38. The molecule has 0 N–H and O–H groups in total. The molecule has 1 heteroatoms. The van der Waals surface area contributed by atoms with Crippen LogP contribution in [0.5, 0.6) is 0 Å². The van der Waals surface area contributed by atoms with Crippen LogP contribution in [0.3, 0.4) is 0 Å². The van der Waals surface area contributed by atoms with Crippen molar-refractivity contribution in [3.8, 4) is 77.9 Å². The van der Waals surface area contributed by atoms with Crippen LogP contribution < -0.4 is 4.90 Å². The fourth-order valence-electron chi connectivity index (χ4n) is 9.33. The van der Waals surface area contributed by atoms with Crippen LogP contribution in [-0.2, 0) is 0 Å². The van der Waals surface area contributed by atoms with E-state index in [1.165, 1.54) is 83.1 Å². The van der Waals surface area contributed by atoms with Gasteiger partial charge in [0, 0.05) is 17.1 Å². The molecule has 0 unspecified atom stereocenters. The summed E-state index contributed by atoms with van der Waals surface area (Å²) in [5, 5.41) is 2.48. The van der Waals surface area contributed by atoms with Gasteiger partial charge in [0.25, 0.3) is 0 Å². The molecule has 11 rings (SSSR count). The van der Waals surface area contributed by atoms with Crippen molar-refractivity contribution in [1.29, 1.82) is 0 Å². The monoisotopic (exact) mass is 827 g/mol. The summed E-state index contributed by atoms with van der Waals surface area (Å²) in [6.07, 6.45) is 0. The van der Waals surface area contributed by atoms with E-state index in [0.29, 0.717) is 0 Å². The lowest BCUT2D eigenvalue weighted by Gasteiger charge is -2.27. The number of benzene rings is 11. The van der Waals surface area contributed by atoms with Gasteiger partial charge >= 0.3 is 0 Å². The second kappa shape index (κ2) is 17.7. The number of hydrogen-bond donors (Lipinski definition) is 0. The fourth-order valence-corrected chi connectivity index (χ4v) is 9.33. The van der Waals surface area contributed by atoms with Crippen LogP contribution in [0.25, 0.3) is 88.7 Å². The minimum absolute atomic E-state index is 1.08. The molecule has 0 bridgehead atoms. The van der Waals surface area contributed by atoms with E-state index in [1.54, 1.807) is 0 Å². The third-order valence-corrected chi connectivity index (χ3v) is 12.5. The molecule has 0 saturated heterocycles. The zero-order valence-corrected chi connectivity index (χ0v) is 35.9. The van der Waals surface area contributed by atoms with Gasteiger partial charge in [-0.25, -0.2) is 0 Å². The zero-order valence-electron chi connectivity index (χ0n) is 35.9. The predicted octanol–water partition coefficient (Wildman–Crippen LogP) is 18.0. The van der Waals surface area contributed by atoms with Crippen molar-refractivity contribution < 1.29 is 0 Å². The normalized spacial score (nSPS) is 11.1. The summed E-state index contributed by atoms with van der Waals surface area (Å²) < 4.78 is 0. The number of fused-ring (bicyclic) bond motifs is 1. The van der Waals surface area contributed by atoms with Gasteiger partial charge in [0.05, 0.1) is 0 Å². The van der Waals surface area contributed by atoms with E-state index in [-0.39, 0.29) is 0 Å². The summed E-state index contributed by atoms with van der Waals surface area (Å²) in [5.41, 5.74) is 20.0. The first-order chi connectivity index (χ1) is 32.2. The van der Waals surface area contributed by atoms with Crippen molar-refractivity contribution >= 4 is 27.8 Å². The van der Waals surface area contributed by atoms with E-state index in [0.717, 1.165) is 22.6 Å². The number of hydrogen-bond acceptors (Lipinski definition) is 1. The van der Waals surface area contributed by atoms with Gasteiger partial charge in [-0.2, -0.15) is 0 Å². The second-order valence-corrected chi connectivity index (χ2v) is 16.5. The molecular weight excluding hydrogens is 783 g/mol. The van der Waals surface area contributed by atoms with Crippen LogP contribution in [0.2, 0.25) is 0 Å². The Bertz CT molecular complexity index is 3370. The summed E-state index contributed by atoms with van der Waals surface area (Å²) in [7, 11) is 0. The Morgan fingerprint density at radius 1 is 0.200 bits per heavy atom. The van der Waals surface area contributed by atoms with Gasteiger partial charge in [0.1, 0.15) is 0 Å². The van der Waals surface area contributed by atoms with E-state index in [2.05, 4.69) is 278 Å². The maximum atomic E-state index is 2.38. The van der Waals surface area contributed by atoms with Crippen LogP contribution in [0.1, 0.15) is 0 Å². The first-order valence-corrected chi connectivity index (χ1v) is 22.3. The molecule has 11 aromatic carbocycles. The molecule has 0 aliphatic carbocycles. The highest BCUT2D eigenvalue weighted by molar-refractivity contribution is 6.00. The molecule has 0 saturated carbocycles. The van der Waals surface area contributed by atoms with E-state index in [1.807, 2.05) is 0 Å². The van der Waals surface area contributed by atoms with Gasteiger partial charge < -0.3 is 4.90 Å². The largest absolute Gasteiger partial charge is 0.310 e. The first kappa shape index (κ1) is 39.3. The fraction of sp³-hybridized carbons (Fsp3) is 0. The molecule has 0 aliphatic rings. The molecule has 0 atom stereocenters. The summed E-state index contributed by atoms with van der Waals surface area (Å²) in [6.45, 7) is 0. The molecule has 0 aromatic heterocycles. The van der Waals surface area contributed by atoms with Crippen LogP contribution >= 0.6 is 0 Å². The van der Waals surface area contributed by atoms with Crippen molar-refractivity contribution in [2.24, 2.45) is 0 Å². The molecule has 0 amide bonds. The smallest absolute Gasteiger partial charge is 0.0467 e. The summed E-state index contributed by atoms with van der Waals surface area (Å²) >= 11 is 0. The van der Waals surface area contributed by atoms with Crippen molar-refractivity contribution in [3.63, 3.8) is 0 Å². The average molecular weight is 828 g/mol. The van der Waals surface area contributed by atoms with Crippen molar-refractivity contribution in [1.82, 2.24) is 0 Å². The van der Waals surface area contributed by atoms with Gasteiger partial charge in [0.15, 0.2) is 0 Å². The molecule has 0 radical (unpaired) electrons. The Morgan fingerprint density at radius 2 is 0.569 bits per heavy atom. The highest BCUT2D eigenvalue weighted by Crippen LogP contribution is 2.45. The molecule has 306 valence electrons.